The number of aliphatic hydroxyl groups is 1. The van der Waals surface area contributed by atoms with Crippen molar-refractivity contribution in [2.24, 2.45) is 0 Å². The van der Waals surface area contributed by atoms with Crippen molar-refractivity contribution < 1.29 is 39.3 Å². The highest BCUT2D eigenvalue weighted by Crippen LogP contribution is 2.09. The molecule has 4 unspecified atom stereocenters. The van der Waals surface area contributed by atoms with Gasteiger partial charge in [-0.3, -0.25) is 19.2 Å². The highest BCUT2D eigenvalue weighted by molar-refractivity contribution is 5.94. The summed E-state index contributed by atoms with van der Waals surface area (Å²) in [5, 5.41) is 37.6. The van der Waals surface area contributed by atoms with Gasteiger partial charge in [0.15, 0.2) is 0 Å². The van der Waals surface area contributed by atoms with Crippen LogP contribution in [0.3, 0.4) is 0 Å². The van der Waals surface area contributed by atoms with Gasteiger partial charge in [-0.05, 0) is 31.4 Å². The molecule has 4 atom stereocenters. The molecule has 0 aromatic heterocycles. The molecular weight excluding hydrogens is 448 g/mol. The van der Waals surface area contributed by atoms with E-state index in [2.05, 4.69) is 21.3 Å². The second-order valence-electron chi connectivity index (χ2n) is 7.98. The second-order valence-corrected chi connectivity index (χ2v) is 7.98. The van der Waals surface area contributed by atoms with E-state index in [4.69, 9.17) is 10.2 Å². The van der Waals surface area contributed by atoms with Crippen molar-refractivity contribution in [2.45, 2.75) is 56.3 Å². The first-order chi connectivity index (χ1) is 16.2. The molecule has 3 amide bonds. The molecule has 2 rings (SSSR count). The number of carbonyl (C=O) groups is 5. The normalized spacial score (nSPS) is 17.7. The molecule has 1 heterocycles. The summed E-state index contributed by atoms with van der Waals surface area (Å²) in [5.41, 5.74) is 0.667. The van der Waals surface area contributed by atoms with E-state index in [1.54, 1.807) is 30.3 Å². The molecule has 34 heavy (non-hydrogen) atoms. The fourth-order valence-corrected chi connectivity index (χ4v) is 3.51. The van der Waals surface area contributed by atoms with Crippen LogP contribution in [-0.2, 0) is 30.4 Å². The Morgan fingerprint density at radius 1 is 0.941 bits per heavy atom. The largest absolute Gasteiger partial charge is 0.481 e. The molecule has 0 radical (unpaired) electrons. The van der Waals surface area contributed by atoms with E-state index in [1.165, 1.54) is 0 Å². The maximum atomic E-state index is 13.0. The average Bonchev–Trinajstić information content (AvgIpc) is 3.35. The summed E-state index contributed by atoms with van der Waals surface area (Å²) in [6, 6.07) is 4.11. The van der Waals surface area contributed by atoms with Crippen LogP contribution in [0.2, 0.25) is 0 Å². The van der Waals surface area contributed by atoms with Gasteiger partial charge in [0.1, 0.15) is 18.1 Å². The predicted molar refractivity (Wildman–Crippen MR) is 119 cm³/mol. The van der Waals surface area contributed by atoms with Crippen molar-refractivity contribution in [3.63, 3.8) is 0 Å². The second kappa shape index (κ2) is 13.3. The fraction of sp³-hybridized carbons (Fsp3) is 0.500. The Hall–Kier alpha value is -3.51. The minimum Gasteiger partial charge on any atom is -0.481 e. The van der Waals surface area contributed by atoms with Crippen LogP contribution in [0.15, 0.2) is 30.3 Å². The molecule has 1 aliphatic heterocycles. The molecule has 1 aromatic carbocycles. The number of amides is 3. The number of carboxylic acids is 2. The summed E-state index contributed by atoms with van der Waals surface area (Å²) < 4.78 is 0. The molecule has 1 aliphatic rings. The summed E-state index contributed by atoms with van der Waals surface area (Å²) in [4.78, 5) is 60.6. The van der Waals surface area contributed by atoms with E-state index in [0.717, 1.165) is 6.42 Å². The van der Waals surface area contributed by atoms with Crippen LogP contribution in [-0.4, -0.2) is 82.3 Å². The Kier molecular flexibility index (Phi) is 10.4. The van der Waals surface area contributed by atoms with E-state index >= 15 is 0 Å². The maximum absolute atomic E-state index is 13.0. The zero-order valence-corrected chi connectivity index (χ0v) is 18.5. The molecule has 1 aromatic rings. The number of aliphatic hydroxyl groups excluding tert-OH is 1. The number of hydrogen-bond acceptors (Lipinski definition) is 7. The number of hydrogen-bond donors (Lipinski definition) is 7. The monoisotopic (exact) mass is 478 g/mol. The summed E-state index contributed by atoms with van der Waals surface area (Å²) in [6.07, 6.45) is 0.778. The Labute approximate surface area is 196 Å². The number of aliphatic carboxylic acids is 2. The molecule has 0 saturated carbocycles. The highest BCUT2D eigenvalue weighted by Gasteiger charge is 2.31. The van der Waals surface area contributed by atoms with E-state index in [0.29, 0.717) is 18.5 Å². The molecule has 186 valence electrons. The third kappa shape index (κ3) is 8.45. The molecule has 1 fully saturated rings. The quantitative estimate of drug-likeness (QED) is 0.174. The molecular formula is C22H30N4O8. The smallest absolute Gasteiger partial charge is 0.328 e. The van der Waals surface area contributed by atoms with Gasteiger partial charge in [0.25, 0.3) is 0 Å². The van der Waals surface area contributed by atoms with Crippen molar-refractivity contribution in [3.05, 3.63) is 35.9 Å². The van der Waals surface area contributed by atoms with Crippen LogP contribution in [0, 0.1) is 0 Å². The topological polar surface area (TPSA) is 194 Å². The van der Waals surface area contributed by atoms with Gasteiger partial charge in [-0.2, -0.15) is 0 Å². The lowest BCUT2D eigenvalue weighted by atomic mass is 10.0. The Morgan fingerprint density at radius 2 is 1.59 bits per heavy atom. The number of nitrogens with one attached hydrogen (secondary N) is 4. The molecule has 0 bridgehead atoms. The molecule has 7 N–H and O–H groups in total. The lowest BCUT2D eigenvalue weighted by Gasteiger charge is -2.25. The minimum atomic E-state index is -1.57. The van der Waals surface area contributed by atoms with Crippen LogP contribution in [0.25, 0.3) is 0 Å². The lowest BCUT2D eigenvalue weighted by molar-refractivity contribution is -0.143. The van der Waals surface area contributed by atoms with Crippen LogP contribution < -0.4 is 21.3 Å². The van der Waals surface area contributed by atoms with Crippen LogP contribution in [0.4, 0.5) is 0 Å². The molecule has 12 nitrogen and oxygen atoms in total. The Bertz CT molecular complexity index is 873. The molecule has 0 aliphatic carbocycles. The maximum Gasteiger partial charge on any atom is 0.328 e. The number of rotatable bonds is 13. The predicted octanol–water partition coefficient (Wildman–Crippen LogP) is -1.62. The standard InChI is InChI=1S/C22H30N4O8/c27-12-17(22(33)34)26-21(32)16(11-13-5-2-1-3-6-13)25-20(31)15(8-9-18(28)29)24-19(30)14-7-4-10-23-14/h1-3,5-6,14-17,23,27H,4,7-12H2,(H,24,30)(H,25,31)(H,26,32)(H,28,29)(H,33,34). The van der Waals surface area contributed by atoms with Crippen LogP contribution in [0.1, 0.15) is 31.2 Å². The van der Waals surface area contributed by atoms with Gasteiger partial charge in [-0.25, -0.2) is 4.79 Å². The number of carboxylic acid groups (broad SMARTS) is 2. The zero-order valence-electron chi connectivity index (χ0n) is 18.5. The van der Waals surface area contributed by atoms with Gasteiger partial charge in [-0.1, -0.05) is 30.3 Å². The van der Waals surface area contributed by atoms with Gasteiger partial charge >= 0.3 is 11.9 Å². The van der Waals surface area contributed by atoms with E-state index in [1.807, 2.05) is 0 Å². The van der Waals surface area contributed by atoms with E-state index in [-0.39, 0.29) is 12.8 Å². The summed E-state index contributed by atoms with van der Waals surface area (Å²) in [7, 11) is 0. The number of benzene rings is 1. The van der Waals surface area contributed by atoms with Gasteiger partial charge in [0.2, 0.25) is 17.7 Å². The van der Waals surface area contributed by atoms with Gasteiger partial charge in [0.05, 0.1) is 12.6 Å². The fourth-order valence-electron chi connectivity index (χ4n) is 3.51. The van der Waals surface area contributed by atoms with E-state index in [9.17, 15) is 29.1 Å². The van der Waals surface area contributed by atoms with Crippen molar-refractivity contribution >= 4 is 29.7 Å². The van der Waals surface area contributed by atoms with Gasteiger partial charge in [0, 0.05) is 12.8 Å². The Morgan fingerprint density at radius 3 is 2.15 bits per heavy atom. The highest BCUT2D eigenvalue weighted by atomic mass is 16.4. The van der Waals surface area contributed by atoms with Crippen molar-refractivity contribution in [1.29, 1.82) is 0 Å². The molecule has 12 heteroatoms. The molecule has 0 spiro atoms. The first kappa shape index (κ1) is 26.7. The first-order valence-electron chi connectivity index (χ1n) is 10.9. The summed E-state index contributed by atoms with van der Waals surface area (Å²) in [6.45, 7) is -0.197. The SMILES string of the molecule is O=C(O)CCC(NC(=O)C1CCCN1)C(=O)NC(Cc1ccccc1)C(=O)NC(CO)C(=O)O. The van der Waals surface area contributed by atoms with Gasteiger partial charge in [-0.15, -0.1) is 0 Å². The third-order valence-corrected chi connectivity index (χ3v) is 5.37. The first-order valence-corrected chi connectivity index (χ1v) is 10.9. The zero-order chi connectivity index (χ0) is 25.1. The Balaban J connectivity index is 2.18. The summed E-state index contributed by atoms with van der Waals surface area (Å²) in [5.74, 6) is -4.68. The van der Waals surface area contributed by atoms with Crippen LogP contribution in [0.5, 0.6) is 0 Å². The summed E-state index contributed by atoms with van der Waals surface area (Å²) >= 11 is 0. The average molecular weight is 479 g/mol. The number of carbonyl (C=O) groups excluding carboxylic acids is 3. The third-order valence-electron chi connectivity index (χ3n) is 5.37. The van der Waals surface area contributed by atoms with Crippen molar-refractivity contribution in [2.75, 3.05) is 13.2 Å². The lowest BCUT2D eigenvalue weighted by Crippen LogP contribution is -2.58. The van der Waals surface area contributed by atoms with E-state index < -0.39 is 66.9 Å². The molecule has 1 saturated heterocycles. The van der Waals surface area contributed by atoms with Gasteiger partial charge < -0.3 is 36.6 Å². The van der Waals surface area contributed by atoms with Crippen LogP contribution >= 0.6 is 0 Å². The van der Waals surface area contributed by atoms with Crippen molar-refractivity contribution in [1.82, 2.24) is 21.3 Å². The van der Waals surface area contributed by atoms with Crippen molar-refractivity contribution in [3.8, 4) is 0 Å². The minimum absolute atomic E-state index is 0.0000412.